The lowest BCUT2D eigenvalue weighted by Crippen LogP contribution is -2.24. The van der Waals surface area contributed by atoms with E-state index >= 15 is 0 Å². The van der Waals surface area contributed by atoms with Gasteiger partial charge in [0.15, 0.2) is 0 Å². The molecule has 1 atom stereocenters. The highest BCUT2D eigenvalue weighted by molar-refractivity contribution is 9.10. The second-order valence-electron chi connectivity index (χ2n) is 4.65. The van der Waals surface area contributed by atoms with Crippen molar-refractivity contribution >= 4 is 27.3 Å². The Labute approximate surface area is 127 Å². The zero-order valence-electron chi connectivity index (χ0n) is 11.3. The van der Waals surface area contributed by atoms with Gasteiger partial charge in [-0.05, 0) is 37.6 Å². The first-order valence-electron chi connectivity index (χ1n) is 6.59. The third-order valence-electron chi connectivity index (χ3n) is 2.94. The third kappa shape index (κ3) is 4.41. The van der Waals surface area contributed by atoms with Crippen LogP contribution in [0.1, 0.15) is 35.7 Å². The number of aryl methyl sites for hydroxylation is 1. The van der Waals surface area contributed by atoms with Crippen LogP contribution in [0.3, 0.4) is 0 Å². The van der Waals surface area contributed by atoms with Gasteiger partial charge in [0.05, 0.1) is 5.01 Å². The fourth-order valence-corrected chi connectivity index (χ4v) is 3.26. The molecule has 2 rings (SSSR count). The molecule has 0 spiro atoms. The summed E-state index contributed by atoms with van der Waals surface area (Å²) in [5, 5.41) is 6.93. The number of nitrogens with one attached hydrogen (secondary N) is 1. The van der Waals surface area contributed by atoms with Crippen LogP contribution in [-0.2, 0) is 6.42 Å². The van der Waals surface area contributed by atoms with Crippen LogP contribution in [0.15, 0.2) is 34.1 Å². The molecule has 0 aliphatic carbocycles. The number of hydrogen-bond acceptors (Lipinski definition) is 3. The summed E-state index contributed by atoms with van der Waals surface area (Å²) in [5.74, 6) is 0. The second kappa shape index (κ2) is 7.17. The summed E-state index contributed by atoms with van der Waals surface area (Å²) in [5.41, 5.74) is 2.43. The van der Waals surface area contributed by atoms with Crippen molar-refractivity contribution in [3.63, 3.8) is 0 Å². The molecule has 19 heavy (non-hydrogen) atoms. The van der Waals surface area contributed by atoms with E-state index in [4.69, 9.17) is 0 Å². The predicted octanol–water partition coefficient (Wildman–Crippen LogP) is 4.50. The van der Waals surface area contributed by atoms with Crippen LogP contribution in [0.5, 0.6) is 0 Å². The smallest absolute Gasteiger partial charge is 0.0947 e. The van der Waals surface area contributed by atoms with E-state index in [1.54, 1.807) is 11.3 Å². The van der Waals surface area contributed by atoms with Crippen molar-refractivity contribution in [2.24, 2.45) is 0 Å². The zero-order valence-corrected chi connectivity index (χ0v) is 13.7. The molecule has 0 bridgehead atoms. The third-order valence-corrected chi connectivity index (χ3v) is 4.42. The van der Waals surface area contributed by atoms with E-state index in [-0.39, 0.29) is 0 Å². The minimum Gasteiger partial charge on any atom is -0.310 e. The second-order valence-corrected chi connectivity index (χ2v) is 6.51. The van der Waals surface area contributed by atoms with Crippen LogP contribution in [-0.4, -0.2) is 11.5 Å². The largest absolute Gasteiger partial charge is 0.310 e. The molecule has 2 nitrogen and oxygen atoms in total. The van der Waals surface area contributed by atoms with Crippen LogP contribution < -0.4 is 5.32 Å². The van der Waals surface area contributed by atoms with Crippen molar-refractivity contribution in [3.05, 3.63) is 50.4 Å². The standard InChI is InChI=1S/C15H19BrN2S/c1-3-7-17-14(9-15-18-11(2)10-19-15)12-5-4-6-13(16)8-12/h4-6,8,10,14,17H,3,7,9H2,1-2H3. The number of aromatic nitrogens is 1. The summed E-state index contributed by atoms with van der Waals surface area (Å²) in [6.07, 6.45) is 2.09. The summed E-state index contributed by atoms with van der Waals surface area (Å²) in [6, 6.07) is 8.86. The lowest BCUT2D eigenvalue weighted by molar-refractivity contribution is 0.528. The monoisotopic (exact) mass is 338 g/mol. The van der Waals surface area contributed by atoms with Gasteiger partial charge in [-0.2, -0.15) is 0 Å². The van der Waals surface area contributed by atoms with Crippen molar-refractivity contribution < 1.29 is 0 Å². The Morgan fingerprint density at radius 1 is 1.42 bits per heavy atom. The Morgan fingerprint density at radius 3 is 2.89 bits per heavy atom. The van der Waals surface area contributed by atoms with Crippen LogP contribution in [0.2, 0.25) is 0 Å². The first-order chi connectivity index (χ1) is 9.19. The zero-order chi connectivity index (χ0) is 13.7. The number of nitrogens with zero attached hydrogens (tertiary/aromatic N) is 1. The van der Waals surface area contributed by atoms with Crippen molar-refractivity contribution in [1.82, 2.24) is 10.3 Å². The molecule has 1 aromatic heterocycles. The number of benzene rings is 1. The average Bonchev–Trinajstić information content (AvgIpc) is 2.80. The molecular formula is C15H19BrN2S. The Hall–Kier alpha value is -0.710. The Kier molecular flexibility index (Phi) is 5.55. The SMILES string of the molecule is CCCNC(Cc1nc(C)cs1)c1cccc(Br)c1. The van der Waals surface area contributed by atoms with Gasteiger partial charge in [0.2, 0.25) is 0 Å². The van der Waals surface area contributed by atoms with Gasteiger partial charge in [-0.1, -0.05) is 35.0 Å². The van der Waals surface area contributed by atoms with E-state index in [0.29, 0.717) is 6.04 Å². The Morgan fingerprint density at radius 2 is 2.26 bits per heavy atom. The van der Waals surface area contributed by atoms with E-state index in [1.807, 2.05) is 6.92 Å². The molecule has 0 radical (unpaired) electrons. The summed E-state index contributed by atoms with van der Waals surface area (Å²) in [6.45, 7) is 5.27. The van der Waals surface area contributed by atoms with Gasteiger partial charge in [0.25, 0.3) is 0 Å². The van der Waals surface area contributed by atoms with Gasteiger partial charge in [0, 0.05) is 28.0 Å². The molecule has 4 heteroatoms. The maximum absolute atomic E-state index is 4.57. The minimum atomic E-state index is 0.336. The summed E-state index contributed by atoms with van der Waals surface area (Å²) in [7, 11) is 0. The fraction of sp³-hybridized carbons (Fsp3) is 0.400. The molecule has 102 valence electrons. The topological polar surface area (TPSA) is 24.9 Å². The molecule has 1 aromatic carbocycles. The summed E-state index contributed by atoms with van der Waals surface area (Å²) >= 11 is 5.29. The highest BCUT2D eigenvalue weighted by Crippen LogP contribution is 2.23. The van der Waals surface area contributed by atoms with Gasteiger partial charge in [-0.15, -0.1) is 11.3 Å². The van der Waals surface area contributed by atoms with E-state index in [9.17, 15) is 0 Å². The van der Waals surface area contributed by atoms with Crippen molar-refractivity contribution in [2.45, 2.75) is 32.7 Å². The van der Waals surface area contributed by atoms with Crippen LogP contribution in [0.4, 0.5) is 0 Å². The van der Waals surface area contributed by atoms with Crippen LogP contribution in [0, 0.1) is 6.92 Å². The lowest BCUT2D eigenvalue weighted by atomic mass is 10.0. The average molecular weight is 339 g/mol. The molecule has 0 aliphatic heterocycles. The van der Waals surface area contributed by atoms with E-state index in [1.165, 1.54) is 10.6 Å². The van der Waals surface area contributed by atoms with Gasteiger partial charge >= 0.3 is 0 Å². The molecule has 0 amide bonds. The maximum Gasteiger partial charge on any atom is 0.0947 e. The number of halogens is 1. The molecule has 1 unspecified atom stereocenters. The fourth-order valence-electron chi connectivity index (χ4n) is 2.02. The highest BCUT2D eigenvalue weighted by atomic mass is 79.9. The molecule has 2 aromatic rings. The summed E-state index contributed by atoms with van der Waals surface area (Å²) < 4.78 is 1.13. The van der Waals surface area contributed by atoms with E-state index in [2.05, 4.69) is 62.8 Å². The first kappa shape index (κ1) is 14.7. The molecule has 0 saturated heterocycles. The van der Waals surface area contributed by atoms with Crippen molar-refractivity contribution in [2.75, 3.05) is 6.54 Å². The molecule has 0 saturated carbocycles. The maximum atomic E-state index is 4.57. The van der Waals surface area contributed by atoms with Crippen LogP contribution in [0.25, 0.3) is 0 Å². The normalized spacial score (nSPS) is 12.6. The van der Waals surface area contributed by atoms with Gasteiger partial charge in [-0.3, -0.25) is 0 Å². The molecule has 0 aliphatic rings. The first-order valence-corrected chi connectivity index (χ1v) is 8.26. The molecule has 1 N–H and O–H groups in total. The Balaban J connectivity index is 2.15. The van der Waals surface area contributed by atoms with E-state index < -0.39 is 0 Å². The predicted molar refractivity (Wildman–Crippen MR) is 85.7 cm³/mol. The minimum absolute atomic E-state index is 0.336. The number of rotatable bonds is 6. The number of hydrogen-bond donors (Lipinski definition) is 1. The van der Waals surface area contributed by atoms with Gasteiger partial charge in [-0.25, -0.2) is 4.98 Å². The quantitative estimate of drug-likeness (QED) is 0.838. The number of thiazole rings is 1. The highest BCUT2D eigenvalue weighted by Gasteiger charge is 2.13. The van der Waals surface area contributed by atoms with E-state index in [0.717, 1.165) is 29.6 Å². The van der Waals surface area contributed by atoms with Crippen molar-refractivity contribution in [1.29, 1.82) is 0 Å². The lowest BCUT2D eigenvalue weighted by Gasteiger charge is -2.18. The molecule has 1 heterocycles. The van der Waals surface area contributed by atoms with Gasteiger partial charge < -0.3 is 5.32 Å². The molecular weight excluding hydrogens is 320 g/mol. The molecule has 0 fully saturated rings. The Bertz CT molecular complexity index is 524. The van der Waals surface area contributed by atoms with Crippen LogP contribution >= 0.6 is 27.3 Å². The summed E-state index contributed by atoms with van der Waals surface area (Å²) in [4.78, 5) is 4.57. The van der Waals surface area contributed by atoms with Crippen molar-refractivity contribution in [3.8, 4) is 0 Å². The van der Waals surface area contributed by atoms with Gasteiger partial charge in [0.1, 0.15) is 0 Å².